The van der Waals surface area contributed by atoms with Crippen LogP contribution in [0.5, 0.6) is 0 Å². The molecule has 19 heavy (non-hydrogen) atoms. The van der Waals surface area contributed by atoms with Gasteiger partial charge in [0.25, 0.3) is 0 Å². The van der Waals surface area contributed by atoms with Crippen molar-refractivity contribution in [3.05, 3.63) is 0 Å². The molecule has 0 aliphatic carbocycles. The van der Waals surface area contributed by atoms with Crippen molar-refractivity contribution in [3.63, 3.8) is 0 Å². The smallest absolute Gasteiger partial charge is 0.323 e. The monoisotopic (exact) mass is 272 g/mol. The molecule has 1 fully saturated rings. The third-order valence-electron chi connectivity index (χ3n) is 4.04. The first-order chi connectivity index (χ1) is 9.01. The minimum absolute atomic E-state index is 0.316. The van der Waals surface area contributed by atoms with Crippen LogP contribution < -0.4 is 5.73 Å². The Bertz CT molecular complexity index is 286. The Morgan fingerprint density at radius 3 is 2.84 bits per heavy atom. The summed E-state index contributed by atoms with van der Waals surface area (Å²) in [5.41, 5.74) is 4.83. The van der Waals surface area contributed by atoms with Crippen molar-refractivity contribution in [2.45, 2.75) is 57.6 Å². The van der Waals surface area contributed by atoms with Crippen molar-refractivity contribution < 1.29 is 14.6 Å². The number of rotatable bonds is 7. The third kappa shape index (κ3) is 5.09. The Kier molecular flexibility index (Phi) is 6.75. The van der Waals surface area contributed by atoms with Crippen LogP contribution in [0.25, 0.3) is 0 Å². The number of carboxylic acid groups (broad SMARTS) is 1. The Hall–Kier alpha value is -0.650. The lowest BCUT2D eigenvalue weighted by molar-refractivity contribution is -0.143. The van der Waals surface area contributed by atoms with Crippen LogP contribution in [-0.4, -0.2) is 53.9 Å². The van der Waals surface area contributed by atoms with Gasteiger partial charge in [0.1, 0.15) is 5.54 Å². The number of carbonyl (C=O) groups is 1. The zero-order chi connectivity index (χ0) is 14.3. The summed E-state index contributed by atoms with van der Waals surface area (Å²) in [5.74, 6) is -0.888. The fourth-order valence-corrected chi connectivity index (χ4v) is 2.47. The lowest BCUT2D eigenvalue weighted by Gasteiger charge is -2.26. The van der Waals surface area contributed by atoms with Crippen LogP contribution in [0, 0.1) is 0 Å². The minimum Gasteiger partial charge on any atom is -0.480 e. The predicted octanol–water partition coefficient (Wildman–Crippen LogP) is 1.46. The molecule has 1 rings (SSSR count). The molecular weight excluding hydrogens is 244 g/mol. The Labute approximate surface area is 116 Å². The van der Waals surface area contributed by atoms with E-state index in [0.29, 0.717) is 18.9 Å². The maximum absolute atomic E-state index is 11.1. The van der Waals surface area contributed by atoms with Crippen molar-refractivity contribution in [1.29, 1.82) is 0 Å². The summed E-state index contributed by atoms with van der Waals surface area (Å²) < 4.78 is 5.73. The highest BCUT2D eigenvalue weighted by atomic mass is 16.5. The number of aliphatic carboxylic acids is 1. The van der Waals surface area contributed by atoms with Gasteiger partial charge in [0.15, 0.2) is 0 Å². The Morgan fingerprint density at radius 1 is 1.53 bits per heavy atom. The van der Waals surface area contributed by atoms with Gasteiger partial charge in [-0.1, -0.05) is 13.8 Å². The van der Waals surface area contributed by atoms with Crippen LogP contribution in [-0.2, 0) is 9.53 Å². The van der Waals surface area contributed by atoms with E-state index < -0.39 is 11.5 Å². The van der Waals surface area contributed by atoms with Gasteiger partial charge >= 0.3 is 5.97 Å². The second-order valence-electron chi connectivity index (χ2n) is 5.47. The molecule has 5 heteroatoms. The van der Waals surface area contributed by atoms with Gasteiger partial charge in [0.05, 0.1) is 6.10 Å². The van der Waals surface area contributed by atoms with Gasteiger partial charge < -0.3 is 20.5 Å². The van der Waals surface area contributed by atoms with Gasteiger partial charge in [-0.3, -0.25) is 4.79 Å². The summed E-state index contributed by atoms with van der Waals surface area (Å²) in [6.45, 7) is 7.70. The molecule has 0 saturated carbocycles. The highest BCUT2D eigenvalue weighted by Crippen LogP contribution is 2.16. The highest BCUT2D eigenvalue weighted by Gasteiger charge is 2.31. The van der Waals surface area contributed by atoms with Gasteiger partial charge in [-0.25, -0.2) is 0 Å². The summed E-state index contributed by atoms with van der Waals surface area (Å²) in [7, 11) is 0. The molecule has 1 aliphatic rings. The van der Waals surface area contributed by atoms with E-state index in [9.17, 15) is 4.79 Å². The van der Waals surface area contributed by atoms with Crippen molar-refractivity contribution >= 4 is 5.97 Å². The third-order valence-corrected chi connectivity index (χ3v) is 4.04. The number of carboxylic acids is 1. The molecule has 0 spiro atoms. The minimum atomic E-state index is -1.06. The normalized spacial score (nSPS) is 24.7. The van der Waals surface area contributed by atoms with Crippen LogP contribution >= 0.6 is 0 Å². The molecule has 112 valence electrons. The average molecular weight is 272 g/mol. The fraction of sp³-hybridized carbons (Fsp3) is 0.929. The lowest BCUT2D eigenvalue weighted by atomic mass is 9.92. The standard InChI is InChI=1S/C14H28N2O3/c1-3-12-11-16(9-6-10-19-12)8-5-7-14(15,4-2)13(17)18/h12H,3-11,15H2,1-2H3,(H,17,18). The number of nitrogens with zero attached hydrogens (tertiary/aromatic N) is 1. The van der Waals surface area contributed by atoms with Crippen LogP contribution in [0.4, 0.5) is 0 Å². The number of nitrogens with two attached hydrogens (primary N) is 1. The summed E-state index contributed by atoms with van der Waals surface area (Å²) in [5, 5.41) is 9.14. The summed E-state index contributed by atoms with van der Waals surface area (Å²) in [4.78, 5) is 13.5. The van der Waals surface area contributed by atoms with Crippen molar-refractivity contribution in [1.82, 2.24) is 4.90 Å². The van der Waals surface area contributed by atoms with E-state index in [-0.39, 0.29) is 0 Å². The predicted molar refractivity (Wildman–Crippen MR) is 75.2 cm³/mol. The van der Waals surface area contributed by atoms with Crippen molar-refractivity contribution in [3.8, 4) is 0 Å². The van der Waals surface area contributed by atoms with Crippen LogP contribution in [0.2, 0.25) is 0 Å². The topological polar surface area (TPSA) is 75.8 Å². The summed E-state index contributed by atoms with van der Waals surface area (Å²) >= 11 is 0. The van der Waals surface area contributed by atoms with Crippen LogP contribution in [0.1, 0.15) is 46.0 Å². The quantitative estimate of drug-likeness (QED) is 0.734. The van der Waals surface area contributed by atoms with Gasteiger partial charge in [-0.2, -0.15) is 0 Å². The van der Waals surface area contributed by atoms with E-state index in [1.54, 1.807) is 0 Å². The number of ether oxygens (including phenoxy) is 1. The number of hydrogen-bond donors (Lipinski definition) is 2. The van der Waals surface area contributed by atoms with Gasteiger partial charge in [0.2, 0.25) is 0 Å². The zero-order valence-electron chi connectivity index (χ0n) is 12.2. The number of hydrogen-bond acceptors (Lipinski definition) is 4. The molecule has 5 nitrogen and oxygen atoms in total. The van der Waals surface area contributed by atoms with Gasteiger partial charge in [-0.05, 0) is 38.6 Å². The van der Waals surface area contributed by atoms with E-state index in [2.05, 4.69) is 11.8 Å². The second-order valence-corrected chi connectivity index (χ2v) is 5.47. The maximum atomic E-state index is 11.1. The van der Waals surface area contributed by atoms with Crippen LogP contribution in [0.3, 0.4) is 0 Å². The molecule has 2 unspecified atom stereocenters. The first kappa shape index (κ1) is 16.4. The van der Waals surface area contributed by atoms with Gasteiger partial charge in [-0.15, -0.1) is 0 Å². The summed E-state index contributed by atoms with van der Waals surface area (Å²) in [6, 6.07) is 0. The molecule has 0 bridgehead atoms. The first-order valence-corrected chi connectivity index (χ1v) is 7.38. The molecule has 1 aliphatic heterocycles. The Balaban J connectivity index is 2.36. The zero-order valence-corrected chi connectivity index (χ0v) is 12.2. The van der Waals surface area contributed by atoms with E-state index in [4.69, 9.17) is 15.6 Å². The van der Waals surface area contributed by atoms with Crippen LogP contribution in [0.15, 0.2) is 0 Å². The largest absolute Gasteiger partial charge is 0.480 e. The molecule has 1 heterocycles. The maximum Gasteiger partial charge on any atom is 0.323 e. The molecule has 0 amide bonds. The molecule has 0 radical (unpaired) electrons. The van der Waals surface area contributed by atoms with Crippen molar-refractivity contribution in [2.24, 2.45) is 5.73 Å². The molecule has 3 N–H and O–H groups in total. The highest BCUT2D eigenvalue weighted by molar-refractivity contribution is 5.78. The molecular formula is C14H28N2O3. The van der Waals surface area contributed by atoms with E-state index >= 15 is 0 Å². The first-order valence-electron chi connectivity index (χ1n) is 7.38. The van der Waals surface area contributed by atoms with Gasteiger partial charge in [0, 0.05) is 19.7 Å². The molecule has 0 aromatic carbocycles. The SMILES string of the molecule is CCC1CN(CCCC(N)(CC)C(=O)O)CCCO1. The lowest BCUT2D eigenvalue weighted by Crippen LogP contribution is -2.47. The fourth-order valence-electron chi connectivity index (χ4n) is 2.47. The molecule has 2 atom stereocenters. The second kappa shape index (κ2) is 7.82. The van der Waals surface area contributed by atoms with E-state index in [1.807, 2.05) is 6.92 Å². The van der Waals surface area contributed by atoms with Crippen molar-refractivity contribution in [2.75, 3.05) is 26.2 Å². The Morgan fingerprint density at radius 2 is 2.26 bits per heavy atom. The average Bonchev–Trinajstić information content (AvgIpc) is 2.63. The van der Waals surface area contributed by atoms with E-state index in [1.165, 1.54) is 0 Å². The molecule has 0 aromatic heterocycles. The molecule has 1 saturated heterocycles. The molecule has 0 aromatic rings. The summed E-state index contributed by atoms with van der Waals surface area (Å²) in [6.07, 6.45) is 4.23. The van der Waals surface area contributed by atoms with E-state index in [0.717, 1.165) is 45.5 Å².